The Morgan fingerprint density at radius 3 is 2.25 bits per heavy atom. The van der Waals surface area contributed by atoms with Crippen molar-refractivity contribution < 1.29 is 23.8 Å². The van der Waals surface area contributed by atoms with E-state index in [1.165, 1.54) is 12.1 Å². The number of ether oxygens (including phenoxy) is 3. The summed E-state index contributed by atoms with van der Waals surface area (Å²) in [4.78, 5) is 23.9. The van der Waals surface area contributed by atoms with Crippen molar-refractivity contribution in [3.8, 4) is 5.75 Å². The van der Waals surface area contributed by atoms with Crippen molar-refractivity contribution in [2.24, 2.45) is 0 Å². The van der Waals surface area contributed by atoms with Gasteiger partial charge in [0.25, 0.3) is 5.91 Å². The van der Waals surface area contributed by atoms with Crippen LogP contribution >= 0.6 is 34.8 Å². The van der Waals surface area contributed by atoms with Gasteiger partial charge in [0, 0.05) is 17.2 Å². The Hall–Kier alpha value is -1.99. The molecule has 1 amide bonds. The Kier molecular flexibility index (Phi) is 8.86. The van der Waals surface area contributed by atoms with Gasteiger partial charge in [-0.1, -0.05) is 34.8 Å². The molecule has 0 spiro atoms. The lowest BCUT2D eigenvalue weighted by molar-refractivity contribution is -0.147. The molecule has 0 radical (unpaired) electrons. The zero-order valence-electron chi connectivity index (χ0n) is 15.0. The topological polar surface area (TPSA) is 73.9 Å². The lowest BCUT2D eigenvalue weighted by atomic mass is 10.2. The molecule has 28 heavy (non-hydrogen) atoms. The normalized spacial score (nSPS) is 10.4. The number of hydrogen-bond acceptors (Lipinski definition) is 5. The number of rotatable bonds is 9. The van der Waals surface area contributed by atoms with Gasteiger partial charge in [-0.2, -0.15) is 0 Å². The molecule has 6 nitrogen and oxygen atoms in total. The van der Waals surface area contributed by atoms with Crippen molar-refractivity contribution in [2.45, 2.75) is 6.92 Å². The molecule has 0 atom stereocenters. The first kappa shape index (κ1) is 22.3. The smallest absolute Gasteiger partial charge is 0.344 e. The molecule has 2 aromatic rings. The van der Waals surface area contributed by atoms with Gasteiger partial charge < -0.3 is 19.5 Å². The summed E-state index contributed by atoms with van der Waals surface area (Å²) < 4.78 is 15.3. The van der Waals surface area contributed by atoms with Gasteiger partial charge in [0.1, 0.15) is 12.4 Å². The molecule has 150 valence electrons. The van der Waals surface area contributed by atoms with Gasteiger partial charge in [-0.05, 0) is 43.3 Å². The second-order valence-corrected chi connectivity index (χ2v) is 6.68. The van der Waals surface area contributed by atoms with Crippen LogP contribution in [0.5, 0.6) is 5.75 Å². The molecule has 0 fully saturated rings. The van der Waals surface area contributed by atoms with Crippen LogP contribution in [-0.4, -0.2) is 38.3 Å². The van der Waals surface area contributed by atoms with Gasteiger partial charge in [-0.3, -0.25) is 4.79 Å². The van der Waals surface area contributed by atoms with Gasteiger partial charge in [0.05, 0.1) is 22.3 Å². The van der Waals surface area contributed by atoms with E-state index < -0.39 is 11.9 Å². The Labute approximate surface area is 177 Å². The Morgan fingerprint density at radius 1 is 1.00 bits per heavy atom. The van der Waals surface area contributed by atoms with E-state index >= 15 is 0 Å². The second kappa shape index (κ2) is 11.1. The van der Waals surface area contributed by atoms with Crippen LogP contribution in [0.4, 0.5) is 5.69 Å². The second-order valence-electron chi connectivity index (χ2n) is 5.43. The maximum atomic E-state index is 12.4. The molecule has 2 aromatic carbocycles. The van der Waals surface area contributed by atoms with Crippen LogP contribution in [-0.2, 0) is 14.3 Å². The molecule has 9 heteroatoms. The zero-order chi connectivity index (χ0) is 20.5. The van der Waals surface area contributed by atoms with Crippen LogP contribution in [0.15, 0.2) is 36.4 Å². The molecule has 0 aliphatic carbocycles. The molecule has 0 unspecified atom stereocenters. The summed E-state index contributed by atoms with van der Waals surface area (Å²) in [5, 5.41) is 3.46. The summed E-state index contributed by atoms with van der Waals surface area (Å²) in [6.07, 6.45) is 0. The minimum absolute atomic E-state index is 0.172. The maximum Gasteiger partial charge on any atom is 0.344 e. The van der Waals surface area contributed by atoms with Gasteiger partial charge in [0.15, 0.2) is 6.61 Å². The number of esters is 1. The molecule has 0 aliphatic rings. The fraction of sp³-hybridized carbons (Fsp3) is 0.263. The first-order valence-electron chi connectivity index (χ1n) is 8.32. The van der Waals surface area contributed by atoms with E-state index in [2.05, 4.69) is 5.32 Å². The number of benzene rings is 2. The number of hydrogen-bond donors (Lipinski definition) is 1. The van der Waals surface area contributed by atoms with Crippen LogP contribution < -0.4 is 10.1 Å². The van der Waals surface area contributed by atoms with Gasteiger partial charge >= 0.3 is 5.97 Å². The molecule has 2 rings (SSSR count). The quantitative estimate of drug-likeness (QED) is 0.440. The lowest BCUT2D eigenvalue weighted by Crippen LogP contribution is -2.17. The molecule has 0 heterocycles. The van der Waals surface area contributed by atoms with Gasteiger partial charge in [-0.25, -0.2) is 4.79 Å². The van der Waals surface area contributed by atoms with E-state index in [1.54, 1.807) is 24.3 Å². The highest BCUT2D eigenvalue weighted by Crippen LogP contribution is 2.34. The summed E-state index contributed by atoms with van der Waals surface area (Å²) in [6.45, 7) is 2.68. The molecule has 1 N–H and O–H groups in total. The van der Waals surface area contributed by atoms with Crippen LogP contribution in [0.3, 0.4) is 0 Å². The summed E-state index contributed by atoms with van der Waals surface area (Å²) in [7, 11) is 0. The maximum absolute atomic E-state index is 12.4. The van der Waals surface area contributed by atoms with Crippen LogP contribution in [0.1, 0.15) is 17.3 Å². The monoisotopic (exact) mass is 445 g/mol. The number of carbonyl (C=O) groups is 2. The van der Waals surface area contributed by atoms with E-state index in [0.717, 1.165) is 0 Å². The predicted octanol–water partition coefficient (Wildman–Crippen LogP) is 4.86. The zero-order valence-corrected chi connectivity index (χ0v) is 17.2. The van der Waals surface area contributed by atoms with E-state index in [1.807, 2.05) is 6.92 Å². The highest BCUT2D eigenvalue weighted by molar-refractivity contribution is 6.42. The summed E-state index contributed by atoms with van der Waals surface area (Å²) >= 11 is 18.0. The van der Waals surface area contributed by atoms with Crippen LogP contribution in [0, 0.1) is 0 Å². The van der Waals surface area contributed by atoms with E-state index in [9.17, 15) is 9.59 Å². The van der Waals surface area contributed by atoms with Crippen LogP contribution in [0.25, 0.3) is 0 Å². The first-order valence-corrected chi connectivity index (χ1v) is 9.46. The Balaban J connectivity index is 1.88. The third kappa shape index (κ3) is 6.87. The standard InChI is InChI=1S/C19H18Cl3NO5/c1-2-26-7-8-27-17(24)11-28-14-5-3-12(4-6-14)19(25)23-18-15(21)9-13(20)10-16(18)22/h3-6,9-10H,2,7-8,11H2,1H3,(H,23,25). The van der Waals surface area contributed by atoms with E-state index in [0.29, 0.717) is 29.5 Å². The lowest BCUT2D eigenvalue weighted by Gasteiger charge is -2.11. The number of carbonyl (C=O) groups excluding carboxylic acids is 2. The number of anilines is 1. The summed E-state index contributed by atoms with van der Waals surface area (Å²) in [5.41, 5.74) is 0.626. The van der Waals surface area contributed by atoms with Crippen molar-refractivity contribution in [2.75, 3.05) is 31.7 Å². The average molecular weight is 447 g/mol. The largest absolute Gasteiger partial charge is 0.482 e. The molecule has 0 saturated heterocycles. The number of halogens is 3. The third-order valence-corrected chi connectivity index (χ3v) is 4.23. The highest BCUT2D eigenvalue weighted by Gasteiger charge is 2.13. The molecule has 0 bridgehead atoms. The minimum atomic E-state index is -0.506. The van der Waals surface area contributed by atoms with Gasteiger partial charge in [-0.15, -0.1) is 0 Å². The molecule has 0 saturated carbocycles. The van der Waals surface area contributed by atoms with E-state index in [4.69, 9.17) is 49.0 Å². The van der Waals surface area contributed by atoms with Crippen molar-refractivity contribution >= 4 is 52.4 Å². The van der Waals surface area contributed by atoms with E-state index in [-0.39, 0.29) is 28.9 Å². The molecular weight excluding hydrogens is 429 g/mol. The average Bonchev–Trinajstić information content (AvgIpc) is 2.66. The number of nitrogens with one attached hydrogen (secondary N) is 1. The molecule has 0 aromatic heterocycles. The fourth-order valence-corrected chi connectivity index (χ4v) is 3.00. The third-order valence-electron chi connectivity index (χ3n) is 3.41. The SMILES string of the molecule is CCOCCOC(=O)COc1ccc(C(=O)Nc2c(Cl)cc(Cl)cc2Cl)cc1. The van der Waals surface area contributed by atoms with Crippen molar-refractivity contribution in [3.05, 3.63) is 57.0 Å². The minimum Gasteiger partial charge on any atom is -0.482 e. The Morgan fingerprint density at radius 2 is 1.64 bits per heavy atom. The predicted molar refractivity (Wildman–Crippen MR) is 109 cm³/mol. The van der Waals surface area contributed by atoms with Crippen LogP contribution in [0.2, 0.25) is 15.1 Å². The van der Waals surface area contributed by atoms with Crippen molar-refractivity contribution in [3.63, 3.8) is 0 Å². The highest BCUT2D eigenvalue weighted by atomic mass is 35.5. The molecule has 0 aliphatic heterocycles. The Bertz CT molecular complexity index is 804. The fourth-order valence-electron chi connectivity index (χ4n) is 2.09. The van der Waals surface area contributed by atoms with Gasteiger partial charge in [0.2, 0.25) is 0 Å². The number of amides is 1. The summed E-state index contributed by atoms with van der Waals surface area (Å²) in [6, 6.07) is 9.18. The first-order chi connectivity index (χ1) is 13.4. The molecular formula is C19H18Cl3NO5. The summed E-state index contributed by atoms with van der Waals surface area (Å²) in [5.74, 6) is -0.498. The van der Waals surface area contributed by atoms with Crippen molar-refractivity contribution in [1.29, 1.82) is 0 Å². The van der Waals surface area contributed by atoms with Crippen molar-refractivity contribution in [1.82, 2.24) is 0 Å².